The number of hydrogen-bond donors (Lipinski definition) is 0. The molecule has 1 saturated carbocycles. The summed E-state index contributed by atoms with van der Waals surface area (Å²) in [6, 6.07) is 8.06. The van der Waals surface area contributed by atoms with Gasteiger partial charge in [0, 0.05) is 4.47 Å². The summed E-state index contributed by atoms with van der Waals surface area (Å²) < 4.78 is 1.03. The van der Waals surface area contributed by atoms with Crippen molar-refractivity contribution in [2.24, 2.45) is 4.99 Å². The lowest BCUT2D eigenvalue weighted by atomic mass is 9.89. The molecule has 1 fully saturated rings. The summed E-state index contributed by atoms with van der Waals surface area (Å²) in [5.41, 5.74) is 0.823. The first-order valence-electron chi connectivity index (χ1n) is 5.12. The van der Waals surface area contributed by atoms with Gasteiger partial charge in [0.05, 0.1) is 5.54 Å². The molecule has 1 aliphatic carbocycles. The summed E-state index contributed by atoms with van der Waals surface area (Å²) >= 11 is 3.44. The Kier molecular flexibility index (Phi) is 3.03. The Hall–Kier alpha value is -0.920. The molecule has 0 amide bonds. The average molecular weight is 266 g/mol. The van der Waals surface area contributed by atoms with Gasteiger partial charge >= 0.3 is 0 Å². The maximum Gasteiger partial charge on any atom is 0.235 e. The van der Waals surface area contributed by atoms with Gasteiger partial charge in [-0.25, -0.2) is 4.79 Å². The number of isocyanates is 1. The van der Waals surface area contributed by atoms with Gasteiger partial charge in [0.25, 0.3) is 0 Å². The summed E-state index contributed by atoms with van der Waals surface area (Å²) in [5.74, 6) is 0. The Morgan fingerprint density at radius 2 is 2.07 bits per heavy atom. The second-order valence-electron chi connectivity index (χ2n) is 3.95. The maximum atomic E-state index is 10.5. The monoisotopic (exact) mass is 265 g/mol. The van der Waals surface area contributed by atoms with Gasteiger partial charge in [0.15, 0.2) is 0 Å². The van der Waals surface area contributed by atoms with Crippen molar-refractivity contribution in [2.45, 2.75) is 31.2 Å². The van der Waals surface area contributed by atoms with Crippen LogP contribution in [-0.2, 0) is 10.3 Å². The van der Waals surface area contributed by atoms with E-state index < -0.39 is 0 Å². The van der Waals surface area contributed by atoms with Crippen LogP contribution >= 0.6 is 15.9 Å². The first-order valence-corrected chi connectivity index (χ1v) is 5.91. The number of nitrogens with zero attached hydrogens (tertiary/aromatic N) is 1. The van der Waals surface area contributed by atoms with E-state index in [0.717, 1.165) is 35.7 Å². The van der Waals surface area contributed by atoms with Crippen LogP contribution in [0.25, 0.3) is 0 Å². The molecule has 0 bridgehead atoms. The van der Waals surface area contributed by atoms with Crippen molar-refractivity contribution in [1.29, 1.82) is 0 Å². The maximum absolute atomic E-state index is 10.5. The third-order valence-electron chi connectivity index (χ3n) is 3.05. The summed E-state index contributed by atoms with van der Waals surface area (Å²) in [4.78, 5) is 14.6. The van der Waals surface area contributed by atoms with Crippen LogP contribution in [0.3, 0.4) is 0 Å². The van der Waals surface area contributed by atoms with Crippen molar-refractivity contribution in [3.05, 3.63) is 34.3 Å². The highest BCUT2D eigenvalue weighted by Gasteiger charge is 2.35. The highest BCUT2D eigenvalue weighted by atomic mass is 79.9. The topological polar surface area (TPSA) is 29.4 Å². The van der Waals surface area contributed by atoms with E-state index in [1.54, 1.807) is 6.08 Å². The molecule has 1 aliphatic rings. The van der Waals surface area contributed by atoms with Crippen LogP contribution in [0.2, 0.25) is 0 Å². The number of carbonyl (C=O) groups excluding carboxylic acids is 1. The highest BCUT2D eigenvalue weighted by molar-refractivity contribution is 9.10. The lowest BCUT2D eigenvalue weighted by molar-refractivity contribution is 0.455. The van der Waals surface area contributed by atoms with Gasteiger partial charge in [0.1, 0.15) is 0 Å². The minimum Gasteiger partial charge on any atom is -0.211 e. The number of halogens is 1. The molecule has 0 atom stereocenters. The molecule has 0 saturated heterocycles. The van der Waals surface area contributed by atoms with Crippen molar-refractivity contribution >= 4 is 22.0 Å². The van der Waals surface area contributed by atoms with E-state index in [2.05, 4.69) is 20.9 Å². The first-order chi connectivity index (χ1) is 7.27. The molecule has 2 nitrogen and oxygen atoms in total. The molecular weight excluding hydrogens is 254 g/mol. The van der Waals surface area contributed by atoms with Gasteiger partial charge in [-0.2, -0.15) is 4.99 Å². The predicted octanol–water partition coefficient (Wildman–Crippen LogP) is 3.55. The van der Waals surface area contributed by atoms with Crippen LogP contribution in [0.5, 0.6) is 0 Å². The zero-order chi connectivity index (χ0) is 10.7. The SMILES string of the molecule is O=C=NC1(c2cccc(Br)c2)CCCC1. The molecule has 0 aromatic heterocycles. The summed E-state index contributed by atoms with van der Waals surface area (Å²) in [6.45, 7) is 0. The molecule has 0 N–H and O–H groups in total. The number of rotatable bonds is 2. The van der Waals surface area contributed by atoms with Crippen molar-refractivity contribution in [3.8, 4) is 0 Å². The third kappa shape index (κ3) is 2.04. The van der Waals surface area contributed by atoms with Crippen LogP contribution in [0, 0.1) is 0 Å². The first kappa shape index (κ1) is 10.6. The van der Waals surface area contributed by atoms with Gasteiger partial charge in [0.2, 0.25) is 6.08 Å². The molecule has 0 radical (unpaired) electrons. The zero-order valence-corrected chi connectivity index (χ0v) is 9.96. The van der Waals surface area contributed by atoms with E-state index in [9.17, 15) is 4.79 Å². The average Bonchev–Trinajstić information content (AvgIpc) is 2.68. The molecule has 2 rings (SSSR count). The second-order valence-corrected chi connectivity index (χ2v) is 4.87. The number of benzene rings is 1. The molecule has 78 valence electrons. The van der Waals surface area contributed by atoms with Crippen molar-refractivity contribution in [1.82, 2.24) is 0 Å². The molecule has 3 heteroatoms. The highest BCUT2D eigenvalue weighted by Crippen LogP contribution is 2.42. The Morgan fingerprint density at radius 3 is 2.67 bits per heavy atom. The van der Waals surface area contributed by atoms with E-state index in [4.69, 9.17) is 0 Å². The number of aliphatic imine (C=N–C) groups is 1. The van der Waals surface area contributed by atoms with Crippen LogP contribution in [-0.4, -0.2) is 6.08 Å². The van der Waals surface area contributed by atoms with Crippen LogP contribution in [0.4, 0.5) is 0 Å². The van der Waals surface area contributed by atoms with Crippen LogP contribution < -0.4 is 0 Å². The fourth-order valence-electron chi connectivity index (χ4n) is 2.29. The Balaban J connectivity index is 2.45. The fraction of sp³-hybridized carbons (Fsp3) is 0.417. The quantitative estimate of drug-likeness (QED) is 0.594. The molecule has 0 spiro atoms. The molecule has 0 aliphatic heterocycles. The van der Waals surface area contributed by atoms with Gasteiger partial charge in [-0.15, -0.1) is 0 Å². The van der Waals surface area contributed by atoms with E-state index in [0.29, 0.717) is 0 Å². The molecule has 1 aromatic carbocycles. The number of hydrogen-bond acceptors (Lipinski definition) is 2. The van der Waals surface area contributed by atoms with E-state index in [1.807, 2.05) is 24.3 Å². The van der Waals surface area contributed by atoms with Crippen molar-refractivity contribution < 1.29 is 4.79 Å². The van der Waals surface area contributed by atoms with Gasteiger partial charge in [-0.3, -0.25) is 0 Å². The van der Waals surface area contributed by atoms with Crippen molar-refractivity contribution in [3.63, 3.8) is 0 Å². The molecule has 1 aromatic rings. The van der Waals surface area contributed by atoms with Gasteiger partial charge in [-0.05, 0) is 30.5 Å². The third-order valence-corrected chi connectivity index (χ3v) is 3.55. The smallest absolute Gasteiger partial charge is 0.211 e. The van der Waals surface area contributed by atoms with E-state index in [1.165, 1.54) is 0 Å². The Morgan fingerprint density at radius 1 is 1.33 bits per heavy atom. The van der Waals surface area contributed by atoms with Crippen LogP contribution in [0.1, 0.15) is 31.2 Å². The molecular formula is C12H12BrNO. The second kappa shape index (κ2) is 4.30. The summed E-state index contributed by atoms with van der Waals surface area (Å²) in [6.07, 6.45) is 5.92. The molecule has 15 heavy (non-hydrogen) atoms. The molecule has 0 unspecified atom stereocenters. The normalized spacial score (nSPS) is 18.5. The molecule has 0 heterocycles. The minimum absolute atomic E-state index is 0.300. The summed E-state index contributed by atoms with van der Waals surface area (Å²) in [7, 11) is 0. The van der Waals surface area contributed by atoms with Gasteiger partial charge < -0.3 is 0 Å². The van der Waals surface area contributed by atoms with Gasteiger partial charge in [-0.1, -0.05) is 40.9 Å². The van der Waals surface area contributed by atoms with E-state index in [-0.39, 0.29) is 5.54 Å². The summed E-state index contributed by atoms with van der Waals surface area (Å²) in [5, 5.41) is 0. The largest absolute Gasteiger partial charge is 0.235 e. The predicted molar refractivity (Wildman–Crippen MR) is 62.4 cm³/mol. The zero-order valence-electron chi connectivity index (χ0n) is 8.37. The van der Waals surface area contributed by atoms with Crippen molar-refractivity contribution in [2.75, 3.05) is 0 Å². The van der Waals surface area contributed by atoms with E-state index >= 15 is 0 Å². The standard InChI is InChI=1S/C12H12BrNO/c13-11-5-3-4-10(8-11)12(14-9-15)6-1-2-7-12/h3-5,8H,1-2,6-7H2. The Labute approximate surface area is 97.5 Å². The Bertz CT molecular complexity index is 404. The van der Waals surface area contributed by atoms with Crippen LogP contribution in [0.15, 0.2) is 33.7 Å². The lowest BCUT2D eigenvalue weighted by Crippen LogP contribution is -2.18. The fourth-order valence-corrected chi connectivity index (χ4v) is 2.69. The lowest BCUT2D eigenvalue weighted by Gasteiger charge is -2.22. The minimum atomic E-state index is -0.300.